The summed E-state index contributed by atoms with van der Waals surface area (Å²) < 4.78 is 5.06. The maximum absolute atomic E-state index is 12.0. The normalized spacial score (nSPS) is 11.2. The molecule has 0 aliphatic carbocycles. The third kappa shape index (κ3) is 3.62. The van der Waals surface area contributed by atoms with Gasteiger partial charge in [-0.1, -0.05) is 20.8 Å². The average Bonchev–Trinajstić information content (AvgIpc) is 2.46. The number of anilines is 2. The molecule has 1 aromatic rings. The van der Waals surface area contributed by atoms with E-state index < -0.39 is 5.97 Å². The summed E-state index contributed by atoms with van der Waals surface area (Å²) in [5, 5.41) is 3.41. The van der Waals surface area contributed by atoms with Gasteiger partial charge in [-0.2, -0.15) is 0 Å². The van der Waals surface area contributed by atoms with Crippen molar-refractivity contribution in [3.63, 3.8) is 0 Å². The van der Waals surface area contributed by atoms with Gasteiger partial charge in [0.25, 0.3) is 0 Å². The average molecular weight is 279 g/mol. The molecular weight excluding hydrogens is 254 g/mol. The lowest BCUT2D eigenvalue weighted by Crippen LogP contribution is -2.37. The van der Waals surface area contributed by atoms with Crippen molar-refractivity contribution in [1.82, 2.24) is 4.98 Å². The Morgan fingerprint density at radius 3 is 2.40 bits per heavy atom. The van der Waals surface area contributed by atoms with Crippen molar-refractivity contribution in [2.24, 2.45) is 0 Å². The number of aromatic nitrogens is 1. The van der Waals surface area contributed by atoms with Crippen LogP contribution >= 0.6 is 0 Å². The van der Waals surface area contributed by atoms with E-state index in [2.05, 4.69) is 31.1 Å². The van der Waals surface area contributed by atoms with Gasteiger partial charge in [0, 0.05) is 5.54 Å². The van der Waals surface area contributed by atoms with Crippen molar-refractivity contribution in [3.05, 3.63) is 17.8 Å². The minimum absolute atomic E-state index is 0.0651. The van der Waals surface area contributed by atoms with E-state index in [9.17, 15) is 4.79 Å². The Morgan fingerprint density at radius 2 is 1.90 bits per heavy atom. The van der Waals surface area contributed by atoms with Gasteiger partial charge < -0.3 is 15.8 Å². The molecule has 1 heterocycles. The SMILES string of the molecule is CCOC(=O)c1cc(N)cnc1NC(CC)(CC)CC. The number of nitrogen functional groups attached to an aromatic ring is 1. The molecule has 112 valence electrons. The summed E-state index contributed by atoms with van der Waals surface area (Å²) in [6.45, 7) is 8.48. The molecule has 0 saturated carbocycles. The van der Waals surface area contributed by atoms with Crippen LogP contribution in [0.15, 0.2) is 12.3 Å². The van der Waals surface area contributed by atoms with Gasteiger partial charge in [-0.05, 0) is 32.3 Å². The molecule has 1 aromatic heterocycles. The number of esters is 1. The lowest BCUT2D eigenvalue weighted by molar-refractivity contribution is 0.0527. The predicted molar refractivity (Wildman–Crippen MR) is 81.8 cm³/mol. The molecule has 20 heavy (non-hydrogen) atoms. The fraction of sp³-hybridized carbons (Fsp3) is 0.600. The Kier molecular flexibility index (Phi) is 5.80. The van der Waals surface area contributed by atoms with E-state index in [1.165, 1.54) is 0 Å². The Hall–Kier alpha value is -1.78. The molecule has 0 fully saturated rings. The smallest absolute Gasteiger partial charge is 0.341 e. The molecule has 0 radical (unpaired) electrons. The van der Waals surface area contributed by atoms with E-state index >= 15 is 0 Å². The summed E-state index contributed by atoms with van der Waals surface area (Å²) in [4.78, 5) is 16.3. The topological polar surface area (TPSA) is 77.2 Å². The predicted octanol–water partition coefficient (Wildman–Crippen LogP) is 3.22. The van der Waals surface area contributed by atoms with Crippen LogP contribution in [-0.4, -0.2) is 23.1 Å². The minimum Gasteiger partial charge on any atom is -0.462 e. The fourth-order valence-electron chi connectivity index (χ4n) is 2.21. The molecule has 0 spiro atoms. The highest BCUT2D eigenvalue weighted by Gasteiger charge is 2.26. The number of nitrogens with zero attached hydrogens (tertiary/aromatic N) is 1. The van der Waals surface area contributed by atoms with Gasteiger partial charge in [0.1, 0.15) is 11.4 Å². The summed E-state index contributed by atoms with van der Waals surface area (Å²) in [6.07, 6.45) is 4.41. The number of pyridine rings is 1. The minimum atomic E-state index is -0.396. The summed E-state index contributed by atoms with van der Waals surface area (Å²) in [5.74, 6) is 0.148. The van der Waals surface area contributed by atoms with Crippen molar-refractivity contribution in [2.75, 3.05) is 17.7 Å². The van der Waals surface area contributed by atoms with Gasteiger partial charge in [-0.3, -0.25) is 0 Å². The Balaban J connectivity index is 3.14. The molecule has 5 heteroatoms. The molecule has 0 unspecified atom stereocenters. The molecule has 0 amide bonds. The van der Waals surface area contributed by atoms with Crippen LogP contribution in [0.5, 0.6) is 0 Å². The number of carbonyl (C=O) groups excluding carboxylic acids is 1. The van der Waals surface area contributed by atoms with Gasteiger partial charge in [-0.15, -0.1) is 0 Å². The molecular formula is C15H25N3O2. The van der Waals surface area contributed by atoms with E-state index in [0.717, 1.165) is 19.3 Å². The van der Waals surface area contributed by atoms with E-state index in [1.54, 1.807) is 19.2 Å². The van der Waals surface area contributed by atoms with Gasteiger partial charge in [0.2, 0.25) is 0 Å². The first-order chi connectivity index (χ1) is 9.51. The number of ether oxygens (including phenoxy) is 1. The van der Waals surface area contributed by atoms with Gasteiger partial charge >= 0.3 is 5.97 Å². The van der Waals surface area contributed by atoms with E-state index in [1.807, 2.05) is 0 Å². The summed E-state index contributed by atoms with van der Waals surface area (Å²) >= 11 is 0. The lowest BCUT2D eigenvalue weighted by Gasteiger charge is -2.33. The molecule has 5 nitrogen and oxygen atoms in total. The van der Waals surface area contributed by atoms with Crippen molar-refractivity contribution in [1.29, 1.82) is 0 Å². The summed E-state index contributed by atoms with van der Waals surface area (Å²) in [6, 6.07) is 1.61. The standard InChI is InChI=1S/C15H25N3O2/c1-5-15(6-2,7-3)18-13-12(14(19)20-8-4)9-11(16)10-17-13/h9-10H,5-8,16H2,1-4H3,(H,17,18). The molecule has 0 saturated heterocycles. The zero-order valence-corrected chi connectivity index (χ0v) is 12.8. The van der Waals surface area contributed by atoms with Crippen molar-refractivity contribution < 1.29 is 9.53 Å². The second kappa shape index (κ2) is 7.12. The monoisotopic (exact) mass is 279 g/mol. The highest BCUT2D eigenvalue weighted by Crippen LogP contribution is 2.27. The Labute approximate surface area is 120 Å². The van der Waals surface area contributed by atoms with Crippen molar-refractivity contribution >= 4 is 17.5 Å². The van der Waals surface area contributed by atoms with Crippen LogP contribution in [0.1, 0.15) is 57.3 Å². The van der Waals surface area contributed by atoms with Gasteiger partial charge in [0.05, 0.1) is 18.5 Å². The zero-order chi connectivity index (χ0) is 15.2. The van der Waals surface area contributed by atoms with Crippen LogP contribution in [0, 0.1) is 0 Å². The third-order valence-corrected chi connectivity index (χ3v) is 3.82. The molecule has 0 bridgehead atoms. The van der Waals surface area contributed by atoms with Gasteiger partial charge in [-0.25, -0.2) is 9.78 Å². The number of nitrogens with one attached hydrogen (secondary N) is 1. The van der Waals surface area contributed by atoms with Crippen LogP contribution in [-0.2, 0) is 4.74 Å². The zero-order valence-electron chi connectivity index (χ0n) is 12.8. The highest BCUT2D eigenvalue weighted by atomic mass is 16.5. The van der Waals surface area contributed by atoms with Crippen molar-refractivity contribution in [3.8, 4) is 0 Å². The molecule has 0 atom stereocenters. The van der Waals surface area contributed by atoms with E-state index in [0.29, 0.717) is 23.7 Å². The molecule has 1 rings (SSSR count). The van der Waals surface area contributed by atoms with E-state index in [-0.39, 0.29) is 5.54 Å². The van der Waals surface area contributed by atoms with Crippen molar-refractivity contribution in [2.45, 2.75) is 52.5 Å². The second-order valence-electron chi connectivity index (χ2n) is 4.85. The van der Waals surface area contributed by atoms with Crippen LogP contribution in [0.4, 0.5) is 11.5 Å². The van der Waals surface area contributed by atoms with Crippen LogP contribution < -0.4 is 11.1 Å². The number of hydrogen-bond acceptors (Lipinski definition) is 5. The Morgan fingerprint density at radius 1 is 1.30 bits per heavy atom. The maximum atomic E-state index is 12.0. The summed E-state index contributed by atoms with van der Waals surface area (Å²) in [5.41, 5.74) is 6.51. The third-order valence-electron chi connectivity index (χ3n) is 3.82. The fourth-order valence-corrected chi connectivity index (χ4v) is 2.21. The number of carbonyl (C=O) groups is 1. The molecule has 0 aliphatic heterocycles. The first kappa shape index (κ1) is 16.3. The number of rotatable bonds is 7. The van der Waals surface area contributed by atoms with Crippen LogP contribution in [0.2, 0.25) is 0 Å². The molecule has 0 aliphatic rings. The van der Waals surface area contributed by atoms with Gasteiger partial charge in [0.15, 0.2) is 0 Å². The second-order valence-corrected chi connectivity index (χ2v) is 4.85. The highest BCUT2D eigenvalue weighted by molar-refractivity contribution is 5.95. The summed E-state index contributed by atoms with van der Waals surface area (Å²) in [7, 11) is 0. The molecule has 3 N–H and O–H groups in total. The van der Waals surface area contributed by atoms with Crippen LogP contribution in [0.25, 0.3) is 0 Å². The molecule has 0 aromatic carbocycles. The first-order valence-electron chi connectivity index (χ1n) is 7.22. The van der Waals surface area contributed by atoms with E-state index in [4.69, 9.17) is 10.5 Å². The lowest BCUT2D eigenvalue weighted by atomic mass is 9.89. The first-order valence-corrected chi connectivity index (χ1v) is 7.22. The Bertz CT molecular complexity index is 448. The maximum Gasteiger partial charge on any atom is 0.341 e. The quantitative estimate of drug-likeness (QED) is 0.749. The van der Waals surface area contributed by atoms with Crippen LogP contribution in [0.3, 0.4) is 0 Å². The number of nitrogens with two attached hydrogens (primary N) is 1. The largest absolute Gasteiger partial charge is 0.462 e. The number of hydrogen-bond donors (Lipinski definition) is 2.